The molecule has 2 aromatic rings. The van der Waals surface area contributed by atoms with Gasteiger partial charge in [0.15, 0.2) is 5.69 Å². The molecule has 182 valence electrons. The Morgan fingerprint density at radius 2 is 1.79 bits per heavy atom. The van der Waals surface area contributed by atoms with Crippen LogP contribution in [0.15, 0.2) is 30.5 Å². The molecule has 2 amide bonds. The number of ether oxygens (including phenoxy) is 1. The molecular weight excluding hydrogens is 456 g/mol. The van der Waals surface area contributed by atoms with Crippen LogP contribution in [-0.2, 0) is 11.3 Å². The summed E-state index contributed by atoms with van der Waals surface area (Å²) in [6.45, 7) is 7.59. The molecule has 3 aliphatic heterocycles. The number of morpholine rings is 1. The third-order valence-corrected chi connectivity index (χ3v) is 7.81. The highest BCUT2D eigenvalue weighted by Gasteiger charge is 2.41. The Hall–Kier alpha value is -2.62. The van der Waals surface area contributed by atoms with Crippen LogP contribution in [0.1, 0.15) is 35.3 Å². The van der Waals surface area contributed by atoms with Gasteiger partial charge in [-0.2, -0.15) is 9.78 Å². The van der Waals surface area contributed by atoms with E-state index in [0.29, 0.717) is 13.1 Å². The van der Waals surface area contributed by atoms with Crippen LogP contribution in [0.4, 0.5) is 10.5 Å². The second-order valence-corrected chi connectivity index (χ2v) is 10.0. The highest BCUT2D eigenvalue weighted by atomic mass is 35.5. The molecule has 0 unspecified atom stereocenters. The van der Waals surface area contributed by atoms with Crippen molar-refractivity contribution in [2.75, 3.05) is 57.4 Å². The molecule has 0 aliphatic carbocycles. The number of halogens is 1. The molecule has 2 N–H and O–H groups in total. The first kappa shape index (κ1) is 23.1. The molecule has 0 bridgehead atoms. The van der Waals surface area contributed by atoms with E-state index in [1.165, 1.54) is 16.9 Å². The fourth-order valence-corrected chi connectivity index (χ4v) is 5.61. The maximum atomic E-state index is 12.8. The Kier molecular flexibility index (Phi) is 6.50. The molecule has 3 aliphatic rings. The molecule has 1 aromatic carbocycles. The van der Waals surface area contributed by atoms with Crippen LogP contribution in [0.25, 0.3) is 0 Å². The molecule has 0 radical (unpaired) electrons. The Labute approximate surface area is 204 Å². The number of carbonyl (C=O) groups is 2. The Morgan fingerprint density at radius 3 is 2.47 bits per heavy atom. The average Bonchev–Trinajstić information content (AvgIpc) is 3.49. The number of hydrogen-bond donors (Lipinski definition) is 1. The summed E-state index contributed by atoms with van der Waals surface area (Å²) in [5, 5.41) is 4.82. The number of benzene rings is 1. The van der Waals surface area contributed by atoms with Crippen molar-refractivity contribution in [3.8, 4) is 0 Å². The van der Waals surface area contributed by atoms with Crippen LogP contribution in [0, 0.1) is 5.41 Å². The summed E-state index contributed by atoms with van der Waals surface area (Å²) in [7, 11) is 0. The molecule has 34 heavy (non-hydrogen) atoms. The van der Waals surface area contributed by atoms with Gasteiger partial charge >= 0.3 is 6.03 Å². The van der Waals surface area contributed by atoms with Gasteiger partial charge in [0, 0.05) is 56.2 Å². The molecular formula is C24H31ClN6O3. The van der Waals surface area contributed by atoms with Crippen molar-refractivity contribution >= 4 is 29.2 Å². The van der Waals surface area contributed by atoms with Gasteiger partial charge in [-0.15, -0.1) is 0 Å². The van der Waals surface area contributed by atoms with Gasteiger partial charge in [-0.1, -0.05) is 17.7 Å². The van der Waals surface area contributed by atoms with Crippen molar-refractivity contribution in [3.05, 3.63) is 46.7 Å². The van der Waals surface area contributed by atoms with Crippen molar-refractivity contribution < 1.29 is 14.3 Å². The Morgan fingerprint density at radius 1 is 1.06 bits per heavy atom. The van der Waals surface area contributed by atoms with E-state index >= 15 is 0 Å². The van der Waals surface area contributed by atoms with Gasteiger partial charge in [0.25, 0.3) is 5.91 Å². The van der Waals surface area contributed by atoms with Gasteiger partial charge < -0.3 is 20.3 Å². The third-order valence-electron chi connectivity index (χ3n) is 7.46. The van der Waals surface area contributed by atoms with Crippen LogP contribution in [0.5, 0.6) is 0 Å². The number of carbonyl (C=O) groups excluding carboxylic acids is 2. The quantitative estimate of drug-likeness (QED) is 0.713. The highest BCUT2D eigenvalue weighted by Crippen LogP contribution is 2.41. The summed E-state index contributed by atoms with van der Waals surface area (Å²) in [6, 6.07) is 7.67. The normalized spacial score (nSPS) is 20.7. The minimum absolute atomic E-state index is 0.102. The number of piperidine rings is 1. The Balaban J connectivity index is 1.15. The molecule has 3 saturated heterocycles. The lowest BCUT2D eigenvalue weighted by atomic mass is 9.78. The molecule has 0 saturated carbocycles. The zero-order valence-electron chi connectivity index (χ0n) is 19.3. The van der Waals surface area contributed by atoms with Gasteiger partial charge in [-0.25, -0.2) is 4.79 Å². The molecule has 1 spiro atoms. The van der Waals surface area contributed by atoms with Crippen LogP contribution in [0.3, 0.4) is 0 Å². The molecule has 1 aromatic heterocycles. The number of likely N-dealkylation sites (tertiary alicyclic amines) is 2. The minimum atomic E-state index is -0.633. The molecule has 4 heterocycles. The average molecular weight is 487 g/mol. The largest absolute Gasteiger partial charge is 0.378 e. The van der Waals surface area contributed by atoms with Crippen molar-refractivity contribution in [1.82, 2.24) is 19.6 Å². The fraction of sp³-hybridized carbons (Fsp3) is 0.542. The number of anilines is 1. The lowest BCUT2D eigenvalue weighted by Crippen LogP contribution is -2.45. The van der Waals surface area contributed by atoms with Crippen molar-refractivity contribution in [2.24, 2.45) is 11.1 Å². The van der Waals surface area contributed by atoms with Gasteiger partial charge in [-0.3, -0.25) is 9.69 Å². The summed E-state index contributed by atoms with van der Waals surface area (Å²) in [6.07, 6.45) is 4.55. The maximum Gasteiger partial charge on any atom is 0.344 e. The number of amides is 2. The number of hydrogen-bond acceptors (Lipinski definition) is 6. The molecule has 0 atom stereocenters. The van der Waals surface area contributed by atoms with Crippen molar-refractivity contribution in [2.45, 2.75) is 25.8 Å². The molecule has 10 heteroatoms. The highest BCUT2D eigenvalue weighted by molar-refractivity contribution is 6.31. The van der Waals surface area contributed by atoms with E-state index < -0.39 is 5.91 Å². The molecule has 3 fully saturated rings. The number of aromatic nitrogens is 2. The van der Waals surface area contributed by atoms with Crippen LogP contribution in [-0.4, -0.2) is 84.0 Å². The first-order valence-electron chi connectivity index (χ1n) is 11.9. The summed E-state index contributed by atoms with van der Waals surface area (Å²) in [5.74, 6) is -0.633. The lowest BCUT2D eigenvalue weighted by molar-refractivity contribution is 0.0994. The summed E-state index contributed by atoms with van der Waals surface area (Å²) in [5.41, 5.74) is 7.90. The number of nitrogens with zero attached hydrogens (tertiary/aromatic N) is 5. The first-order valence-corrected chi connectivity index (χ1v) is 12.3. The van der Waals surface area contributed by atoms with Crippen LogP contribution >= 0.6 is 11.6 Å². The topological polar surface area (TPSA) is 96.9 Å². The van der Waals surface area contributed by atoms with E-state index in [-0.39, 0.29) is 17.1 Å². The third kappa shape index (κ3) is 4.78. The second-order valence-electron chi connectivity index (χ2n) is 9.62. The van der Waals surface area contributed by atoms with Gasteiger partial charge in [0.2, 0.25) is 0 Å². The number of rotatable bonds is 4. The van der Waals surface area contributed by atoms with Gasteiger partial charge in [0.1, 0.15) is 0 Å². The van der Waals surface area contributed by atoms with E-state index in [0.717, 1.165) is 81.5 Å². The van der Waals surface area contributed by atoms with Gasteiger partial charge in [0.05, 0.1) is 13.2 Å². The minimum Gasteiger partial charge on any atom is -0.378 e. The Bertz CT molecular complexity index is 1060. The predicted molar refractivity (Wildman–Crippen MR) is 129 cm³/mol. The standard InChI is InChI=1S/C24H31ClN6O3/c25-20-15-19(29-11-13-34-14-12-29)2-1-18(20)16-28-8-4-24(17-28)5-9-30(10-6-24)23(33)31-7-3-21(27-31)22(26)32/h1-3,7,15H,4-6,8-14,16-17H2,(H2,26,32). The molecule has 9 nitrogen and oxygen atoms in total. The van der Waals surface area contributed by atoms with Crippen molar-refractivity contribution in [3.63, 3.8) is 0 Å². The van der Waals surface area contributed by atoms with E-state index in [1.54, 1.807) is 0 Å². The molecule has 5 rings (SSSR count). The monoisotopic (exact) mass is 486 g/mol. The van der Waals surface area contributed by atoms with Crippen LogP contribution < -0.4 is 10.6 Å². The first-order chi connectivity index (χ1) is 16.4. The number of primary amides is 1. The summed E-state index contributed by atoms with van der Waals surface area (Å²) < 4.78 is 6.66. The lowest BCUT2D eigenvalue weighted by Gasteiger charge is -2.39. The van der Waals surface area contributed by atoms with E-state index in [2.05, 4.69) is 33.1 Å². The smallest absolute Gasteiger partial charge is 0.344 e. The maximum absolute atomic E-state index is 12.8. The fourth-order valence-electron chi connectivity index (χ4n) is 5.37. The predicted octanol–water partition coefficient (Wildman–Crippen LogP) is 2.43. The van der Waals surface area contributed by atoms with E-state index in [4.69, 9.17) is 22.1 Å². The zero-order valence-corrected chi connectivity index (χ0v) is 20.0. The SMILES string of the molecule is NC(=O)c1ccn(C(=O)N2CCC3(CCN(Cc4ccc(N5CCOCC5)cc4Cl)C3)CC2)n1. The van der Waals surface area contributed by atoms with Crippen LogP contribution in [0.2, 0.25) is 5.02 Å². The van der Waals surface area contributed by atoms with E-state index in [9.17, 15) is 9.59 Å². The van der Waals surface area contributed by atoms with Crippen molar-refractivity contribution in [1.29, 1.82) is 0 Å². The number of nitrogens with two attached hydrogens (primary N) is 1. The van der Waals surface area contributed by atoms with Gasteiger partial charge in [-0.05, 0) is 55.0 Å². The van der Waals surface area contributed by atoms with E-state index in [1.807, 2.05) is 4.90 Å². The summed E-state index contributed by atoms with van der Waals surface area (Å²) in [4.78, 5) is 30.6. The zero-order chi connectivity index (χ0) is 23.7. The summed E-state index contributed by atoms with van der Waals surface area (Å²) >= 11 is 6.67. The second kappa shape index (κ2) is 9.56.